The quantitative estimate of drug-likeness (QED) is 0.338. The second-order valence-electron chi connectivity index (χ2n) is 19.0. The molecule has 3 heterocycles. The Kier molecular flexibility index (Phi) is 11.8. The van der Waals surface area contributed by atoms with Crippen LogP contribution in [0, 0.1) is 29.1 Å². The van der Waals surface area contributed by atoms with E-state index in [9.17, 15) is 36.4 Å². The maximum Gasteiger partial charge on any atom is 0.408 e. The van der Waals surface area contributed by atoms with E-state index >= 15 is 0 Å². The highest BCUT2D eigenvalue weighted by molar-refractivity contribution is 7.91. The van der Waals surface area contributed by atoms with Crippen molar-refractivity contribution in [2.45, 2.75) is 147 Å². The van der Waals surface area contributed by atoms with Crippen LogP contribution in [0.5, 0.6) is 11.6 Å². The summed E-state index contributed by atoms with van der Waals surface area (Å²) in [6, 6.07) is 2.72. The van der Waals surface area contributed by atoms with Crippen LogP contribution in [0.4, 0.5) is 13.6 Å². The van der Waals surface area contributed by atoms with Crippen LogP contribution in [-0.2, 0) is 35.6 Å². The molecule has 9 atom stereocenters. The topological polar surface area (TPSA) is 195 Å². The van der Waals surface area contributed by atoms with Crippen molar-refractivity contribution in [3.63, 3.8) is 0 Å². The lowest BCUT2D eigenvalue weighted by Crippen LogP contribution is -2.60. The monoisotopic (exact) mass is 860 g/mol. The summed E-state index contributed by atoms with van der Waals surface area (Å²) in [5, 5.41) is 5.27. The van der Waals surface area contributed by atoms with Crippen LogP contribution in [0.3, 0.4) is 0 Å². The number of carbonyl (C=O) groups excluding carboxylic acids is 4. The first-order chi connectivity index (χ1) is 28.2. The number of alkyl halides is 2. The summed E-state index contributed by atoms with van der Waals surface area (Å²) in [4.78, 5) is 67.6. The van der Waals surface area contributed by atoms with Gasteiger partial charge in [0.05, 0.1) is 35.4 Å². The fourth-order valence-corrected chi connectivity index (χ4v) is 10.5. The third-order valence-corrected chi connectivity index (χ3v) is 15.8. The van der Waals surface area contributed by atoms with Gasteiger partial charge >= 0.3 is 6.09 Å². The SMILES string of the molecule is COc1ccc2nc3c(nc2c1)O[C@@H]1C[C@@H](C(=O)N[C@]2(C(=O)NS(=O)(=O)C4(C)CC4)C[C@H]2C(F)F)N(C1)C(=O)[C@H](C(C)(C)C)NC(=O)O[C@@H]1C[C@H](C)[C@H](C)[C@H]1CCCCC3. The minimum absolute atomic E-state index is 0.112. The molecule has 18 heteroatoms. The second kappa shape index (κ2) is 16.2. The van der Waals surface area contributed by atoms with Crippen molar-refractivity contribution in [3.05, 3.63) is 23.9 Å². The summed E-state index contributed by atoms with van der Waals surface area (Å²) in [6.45, 7) is 10.9. The molecular formula is C42H58F2N6O9S. The molecule has 60 heavy (non-hydrogen) atoms. The number of methoxy groups -OCH3 is 1. The van der Waals surface area contributed by atoms with Gasteiger partial charge in [-0.3, -0.25) is 19.1 Å². The predicted molar refractivity (Wildman–Crippen MR) is 216 cm³/mol. The molecule has 3 saturated carbocycles. The van der Waals surface area contributed by atoms with Crippen molar-refractivity contribution < 1.29 is 50.6 Å². The summed E-state index contributed by atoms with van der Waals surface area (Å²) in [5.74, 6) is -3.04. The molecular weight excluding hydrogens is 803 g/mol. The van der Waals surface area contributed by atoms with E-state index in [1.165, 1.54) is 18.9 Å². The smallest absolute Gasteiger partial charge is 0.408 e. The van der Waals surface area contributed by atoms with Gasteiger partial charge in [0.15, 0.2) is 0 Å². The summed E-state index contributed by atoms with van der Waals surface area (Å²) in [7, 11) is -2.70. The summed E-state index contributed by atoms with van der Waals surface area (Å²) in [6.07, 6.45) is -0.569. The third kappa shape index (κ3) is 8.58. The fraction of sp³-hybridized carbons (Fsp3) is 0.714. The van der Waals surface area contributed by atoms with Gasteiger partial charge in [-0.05, 0) is 87.2 Å². The summed E-state index contributed by atoms with van der Waals surface area (Å²) < 4.78 is 73.5. The van der Waals surface area contributed by atoms with Gasteiger partial charge in [0, 0.05) is 12.5 Å². The number of aryl methyl sites for hydroxylation is 1. The third-order valence-electron chi connectivity index (χ3n) is 13.7. The number of benzene rings is 1. The predicted octanol–water partition coefficient (Wildman–Crippen LogP) is 5.04. The lowest BCUT2D eigenvalue weighted by molar-refractivity contribution is -0.143. The van der Waals surface area contributed by atoms with E-state index in [4.69, 9.17) is 24.2 Å². The maximum atomic E-state index is 14.8. The van der Waals surface area contributed by atoms with Crippen LogP contribution in [0.2, 0.25) is 0 Å². The molecule has 2 bridgehead atoms. The van der Waals surface area contributed by atoms with Gasteiger partial charge in [-0.1, -0.05) is 47.5 Å². The average molecular weight is 861 g/mol. The number of fused-ring (bicyclic) bond motifs is 5. The van der Waals surface area contributed by atoms with Crippen LogP contribution < -0.4 is 24.8 Å². The molecule has 1 aromatic heterocycles. The number of amides is 4. The molecule has 330 valence electrons. The zero-order valence-corrected chi connectivity index (χ0v) is 36.2. The zero-order chi connectivity index (χ0) is 43.5. The highest BCUT2D eigenvalue weighted by Gasteiger charge is 2.67. The number of rotatable bonds is 7. The molecule has 1 saturated heterocycles. The van der Waals surface area contributed by atoms with E-state index in [2.05, 4.69) is 24.5 Å². The largest absolute Gasteiger partial charge is 0.497 e. The Morgan fingerprint density at radius 3 is 2.43 bits per heavy atom. The molecule has 2 aromatic rings. The van der Waals surface area contributed by atoms with Crippen LogP contribution in [0.25, 0.3) is 11.0 Å². The number of hydrogen-bond acceptors (Lipinski definition) is 11. The van der Waals surface area contributed by atoms with Gasteiger partial charge in [0.25, 0.3) is 5.91 Å². The Bertz CT molecular complexity index is 2130. The Morgan fingerprint density at radius 2 is 1.78 bits per heavy atom. The highest BCUT2D eigenvalue weighted by Crippen LogP contribution is 2.49. The molecule has 3 aliphatic carbocycles. The van der Waals surface area contributed by atoms with E-state index in [-0.39, 0.29) is 30.9 Å². The fourth-order valence-electron chi connectivity index (χ4n) is 9.16. The Balaban J connectivity index is 1.24. The minimum Gasteiger partial charge on any atom is -0.497 e. The standard InChI is InChI=1S/C42H58F2N6O9S/c1-22-17-32-26(23(22)2)11-9-8-10-12-29-36(46-30-18-24(57-7)13-14-28(30)45-29)58-25-19-31(50(21-25)37(52)33(40(3,4)5)47-39(54)59-32)35(51)48-42(20-27(42)34(43)44)38(53)49-60(55,56)41(6)15-16-41/h13-14,18,22-23,25-27,31-34H,8-12,15-17,19-21H2,1-7H3,(H,47,54)(H,48,51)(H,49,53)/t22-,23-,25+,26+,27-,31-,32+,33+,42+/m0/s1. The van der Waals surface area contributed by atoms with Crippen LogP contribution >= 0.6 is 0 Å². The summed E-state index contributed by atoms with van der Waals surface area (Å²) >= 11 is 0. The van der Waals surface area contributed by atoms with Gasteiger partial charge < -0.3 is 29.7 Å². The van der Waals surface area contributed by atoms with E-state index in [1.807, 2.05) is 4.72 Å². The van der Waals surface area contributed by atoms with Gasteiger partial charge in [-0.15, -0.1) is 0 Å². The first-order valence-corrected chi connectivity index (χ1v) is 22.6. The number of nitrogens with one attached hydrogen (secondary N) is 3. The molecule has 15 nitrogen and oxygen atoms in total. The number of alkyl carbamates (subject to hydrolysis) is 1. The van der Waals surface area contributed by atoms with E-state index in [0.717, 1.165) is 25.7 Å². The maximum absolute atomic E-state index is 14.8. The van der Waals surface area contributed by atoms with Gasteiger partial charge in [-0.2, -0.15) is 0 Å². The molecule has 4 fully saturated rings. The number of halogens is 2. The van der Waals surface area contributed by atoms with Gasteiger partial charge in [0.1, 0.15) is 41.3 Å². The van der Waals surface area contributed by atoms with Gasteiger partial charge in [-0.25, -0.2) is 32.0 Å². The molecule has 3 N–H and O–H groups in total. The minimum atomic E-state index is -4.24. The van der Waals surface area contributed by atoms with Crippen molar-refractivity contribution in [1.29, 1.82) is 0 Å². The Morgan fingerprint density at radius 1 is 1.05 bits per heavy atom. The number of carbonyl (C=O) groups is 4. The zero-order valence-electron chi connectivity index (χ0n) is 35.4. The van der Waals surface area contributed by atoms with E-state index in [1.54, 1.807) is 39.0 Å². The number of hydrogen-bond donors (Lipinski definition) is 3. The van der Waals surface area contributed by atoms with Crippen LogP contribution in [0.15, 0.2) is 18.2 Å². The van der Waals surface area contributed by atoms with E-state index in [0.29, 0.717) is 60.0 Å². The van der Waals surface area contributed by atoms with Crippen LogP contribution in [-0.4, -0.2) is 102 Å². The first-order valence-electron chi connectivity index (χ1n) is 21.1. The number of ether oxygens (including phenoxy) is 3. The Labute approximate surface area is 349 Å². The molecule has 4 amide bonds. The van der Waals surface area contributed by atoms with Crippen molar-refractivity contribution in [2.24, 2.45) is 29.1 Å². The molecule has 1 aromatic carbocycles. The molecule has 0 radical (unpaired) electrons. The van der Waals surface area contributed by atoms with Crippen molar-refractivity contribution in [3.8, 4) is 11.6 Å². The van der Waals surface area contributed by atoms with Crippen molar-refractivity contribution in [2.75, 3.05) is 13.7 Å². The molecule has 0 spiro atoms. The lowest BCUT2D eigenvalue weighted by Gasteiger charge is -2.35. The second-order valence-corrected chi connectivity index (χ2v) is 21.2. The highest BCUT2D eigenvalue weighted by atomic mass is 32.2. The van der Waals surface area contributed by atoms with Crippen LogP contribution in [0.1, 0.15) is 105 Å². The van der Waals surface area contributed by atoms with Gasteiger partial charge in [0.2, 0.25) is 34.1 Å². The normalized spacial score (nSPS) is 32.1. The Hall–Kier alpha value is -4.35. The molecule has 2 aliphatic heterocycles. The molecule has 7 rings (SSSR count). The number of aromatic nitrogens is 2. The van der Waals surface area contributed by atoms with Crippen molar-refractivity contribution >= 4 is 44.9 Å². The summed E-state index contributed by atoms with van der Waals surface area (Å²) in [5.41, 5.74) is -1.44. The average Bonchev–Trinajstić information content (AvgIpc) is 4.05. The van der Waals surface area contributed by atoms with Crippen molar-refractivity contribution in [1.82, 2.24) is 30.2 Å². The number of nitrogens with zero attached hydrogens (tertiary/aromatic N) is 3. The number of sulfonamides is 1. The lowest BCUT2D eigenvalue weighted by atomic mass is 9.85. The van der Waals surface area contributed by atoms with E-state index < -0.39 is 86.5 Å². The first kappa shape index (κ1) is 43.7. The molecule has 0 unspecified atom stereocenters. The molecule has 5 aliphatic rings.